The predicted molar refractivity (Wildman–Crippen MR) is 84.5 cm³/mol. The van der Waals surface area contributed by atoms with Gasteiger partial charge in [-0.2, -0.15) is 5.10 Å². The fourth-order valence-electron chi connectivity index (χ4n) is 2.21. The summed E-state index contributed by atoms with van der Waals surface area (Å²) in [5.74, 6) is 0.931. The van der Waals surface area contributed by atoms with Gasteiger partial charge < -0.3 is 4.74 Å². The van der Waals surface area contributed by atoms with Crippen molar-refractivity contribution in [2.45, 2.75) is 33.1 Å². The molecule has 0 saturated carbocycles. The summed E-state index contributed by atoms with van der Waals surface area (Å²) in [6.45, 7) is 3.93. The molecule has 0 aliphatic heterocycles. The van der Waals surface area contributed by atoms with Crippen LogP contribution in [-0.4, -0.2) is 18.7 Å². The second-order valence-electron chi connectivity index (χ2n) is 5.42. The predicted octanol–water partition coefficient (Wildman–Crippen LogP) is 3.14. The lowest BCUT2D eigenvalue weighted by atomic mass is 9.96. The Morgan fingerprint density at radius 1 is 1.43 bits per heavy atom. The molecule has 0 radical (unpaired) electrons. The van der Waals surface area contributed by atoms with Crippen molar-refractivity contribution in [3.8, 4) is 5.75 Å². The van der Waals surface area contributed by atoms with E-state index in [2.05, 4.69) is 22.7 Å². The molecule has 1 aromatic rings. The Kier molecular flexibility index (Phi) is 5.55. The van der Waals surface area contributed by atoms with Crippen LogP contribution in [0.1, 0.15) is 30.4 Å². The number of benzene rings is 1. The van der Waals surface area contributed by atoms with Crippen molar-refractivity contribution in [1.29, 1.82) is 0 Å². The number of nitrogens with one attached hydrogen (secondary N) is 1. The van der Waals surface area contributed by atoms with E-state index in [-0.39, 0.29) is 12.5 Å². The van der Waals surface area contributed by atoms with Crippen molar-refractivity contribution in [2.75, 3.05) is 6.61 Å². The lowest BCUT2D eigenvalue weighted by Crippen LogP contribution is -2.25. The van der Waals surface area contributed by atoms with Crippen LogP contribution >= 0.6 is 0 Å². The molecule has 0 fully saturated rings. The number of amides is 1. The van der Waals surface area contributed by atoms with Crippen LogP contribution in [0.15, 0.2) is 35.5 Å². The van der Waals surface area contributed by atoms with Crippen molar-refractivity contribution in [2.24, 2.45) is 11.0 Å². The van der Waals surface area contributed by atoms with Gasteiger partial charge in [-0.15, -0.1) is 0 Å². The number of hydrogen-bond acceptors (Lipinski definition) is 3. The molecule has 4 nitrogen and oxygen atoms in total. The SMILES string of the molecule is Cc1ccc(C)c(OCC(=O)N/N=C\[C@H]2CC=CCC2)c1. The molecule has 4 heteroatoms. The molecule has 112 valence electrons. The zero-order chi connectivity index (χ0) is 15.1. The van der Waals surface area contributed by atoms with Crippen LogP contribution in [0.25, 0.3) is 0 Å². The lowest BCUT2D eigenvalue weighted by molar-refractivity contribution is -0.123. The molecule has 1 aromatic carbocycles. The molecule has 1 amide bonds. The summed E-state index contributed by atoms with van der Waals surface area (Å²) in [5.41, 5.74) is 4.65. The van der Waals surface area contributed by atoms with E-state index in [0.717, 1.165) is 36.1 Å². The first-order valence-electron chi connectivity index (χ1n) is 7.32. The summed E-state index contributed by atoms with van der Waals surface area (Å²) in [4.78, 5) is 11.7. The van der Waals surface area contributed by atoms with Gasteiger partial charge in [0.2, 0.25) is 0 Å². The van der Waals surface area contributed by atoms with Gasteiger partial charge in [0.1, 0.15) is 5.75 Å². The first kappa shape index (κ1) is 15.3. The third kappa shape index (κ3) is 5.06. The molecule has 1 N–H and O–H groups in total. The molecule has 0 bridgehead atoms. The molecule has 1 atom stereocenters. The highest BCUT2D eigenvalue weighted by atomic mass is 16.5. The van der Waals surface area contributed by atoms with Crippen molar-refractivity contribution in [1.82, 2.24) is 5.43 Å². The van der Waals surface area contributed by atoms with Crippen LogP contribution in [0.5, 0.6) is 5.75 Å². The number of carbonyl (C=O) groups excluding carboxylic acids is 1. The number of nitrogens with zero attached hydrogens (tertiary/aromatic N) is 1. The molecule has 0 spiro atoms. The zero-order valence-corrected chi connectivity index (χ0v) is 12.6. The number of hydrazone groups is 1. The maximum absolute atomic E-state index is 11.7. The number of hydrogen-bond donors (Lipinski definition) is 1. The quantitative estimate of drug-likeness (QED) is 0.513. The van der Waals surface area contributed by atoms with E-state index in [1.165, 1.54) is 0 Å². The Hall–Kier alpha value is -2.10. The van der Waals surface area contributed by atoms with Crippen LogP contribution in [0.4, 0.5) is 0 Å². The second-order valence-corrected chi connectivity index (χ2v) is 5.42. The molecule has 1 aliphatic carbocycles. The molecular weight excluding hydrogens is 264 g/mol. The Bertz CT molecular complexity index is 550. The maximum Gasteiger partial charge on any atom is 0.277 e. The maximum atomic E-state index is 11.7. The van der Waals surface area contributed by atoms with Gasteiger partial charge >= 0.3 is 0 Å². The van der Waals surface area contributed by atoms with E-state index in [9.17, 15) is 4.79 Å². The summed E-state index contributed by atoms with van der Waals surface area (Å²) in [6.07, 6.45) is 9.33. The van der Waals surface area contributed by atoms with Crippen LogP contribution in [0, 0.1) is 19.8 Å². The largest absolute Gasteiger partial charge is 0.483 e. The highest BCUT2D eigenvalue weighted by Gasteiger charge is 2.07. The summed E-state index contributed by atoms with van der Waals surface area (Å²) in [5, 5.41) is 4.01. The number of rotatable bonds is 5. The Balaban J connectivity index is 1.75. The third-order valence-corrected chi connectivity index (χ3v) is 3.49. The fraction of sp³-hybridized carbons (Fsp3) is 0.412. The van der Waals surface area contributed by atoms with Gasteiger partial charge in [-0.1, -0.05) is 24.3 Å². The Morgan fingerprint density at radius 3 is 3.05 bits per heavy atom. The molecule has 21 heavy (non-hydrogen) atoms. The van der Waals surface area contributed by atoms with Gasteiger partial charge in [-0.3, -0.25) is 4.79 Å². The van der Waals surface area contributed by atoms with E-state index < -0.39 is 0 Å². The smallest absolute Gasteiger partial charge is 0.277 e. The topological polar surface area (TPSA) is 50.7 Å². The Morgan fingerprint density at radius 2 is 2.29 bits per heavy atom. The van der Waals surface area contributed by atoms with E-state index in [1.54, 1.807) is 0 Å². The summed E-state index contributed by atoms with van der Waals surface area (Å²) < 4.78 is 5.52. The standard InChI is InChI=1S/C17H22N2O2/c1-13-8-9-14(2)16(10-13)21-12-17(20)19-18-11-15-6-4-3-5-7-15/h3-4,8-11,15H,5-7,12H2,1-2H3,(H,19,20)/b18-11-/t15-/m0/s1. The normalized spacial score (nSPS) is 17.9. The van der Waals surface area contributed by atoms with E-state index >= 15 is 0 Å². The average molecular weight is 286 g/mol. The monoisotopic (exact) mass is 286 g/mol. The van der Waals surface area contributed by atoms with Gasteiger partial charge in [0.25, 0.3) is 5.91 Å². The minimum Gasteiger partial charge on any atom is -0.483 e. The first-order chi connectivity index (χ1) is 10.1. The average Bonchev–Trinajstić information content (AvgIpc) is 2.49. The minimum atomic E-state index is -0.237. The second kappa shape index (κ2) is 7.62. The summed E-state index contributed by atoms with van der Waals surface area (Å²) in [7, 11) is 0. The van der Waals surface area contributed by atoms with Crippen molar-refractivity contribution in [3.63, 3.8) is 0 Å². The van der Waals surface area contributed by atoms with Crippen LogP contribution in [0.3, 0.4) is 0 Å². The molecule has 0 aromatic heterocycles. The van der Waals surface area contributed by atoms with Gasteiger partial charge in [0.05, 0.1) is 0 Å². The number of carbonyl (C=O) groups is 1. The van der Waals surface area contributed by atoms with Gasteiger partial charge in [-0.05, 0) is 56.2 Å². The fourth-order valence-corrected chi connectivity index (χ4v) is 2.21. The first-order valence-corrected chi connectivity index (χ1v) is 7.32. The molecule has 1 aliphatic rings. The van der Waals surface area contributed by atoms with Gasteiger partial charge in [-0.25, -0.2) is 5.43 Å². The molecule has 0 unspecified atom stereocenters. The molecule has 0 saturated heterocycles. The number of aryl methyl sites for hydroxylation is 2. The van der Waals surface area contributed by atoms with Crippen LogP contribution in [-0.2, 0) is 4.79 Å². The zero-order valence-electron chi connectivity index (χ0n) is 12.6. The van der Waals surface area contributed by atoms with Crippen LogP contribution in [0.2, 0.25) is 0 Å². The summed E-state index contributed by atoms with van der Waals surface area (Å²) >= 11 is 0. The number of ether oxygens (including phenoxy) is 1. The molecule has 0 heterocycles. The number of allylic oxidation sites excluding steroid dienone is 2. The van der Waals surface area contributed by atoms with Crippen molar-refractivity contribution in [3.05, 3.63) is 41.5 Å². The third-order valence-electron chi connectivity index (χ3n) is 3.49. The van der Waals surface area contributed by atoms with Gasteiger partial charge in [0.15, 0.2) is 6.61 Å². The minimum absolute atomic E-state index is 0.0216. The Labute approximate surface area is 125 Å². The van der Waals surface area contributed by atoms with E-state index in [1.807, 2.05) is 38.3 Å². The van der Waals surface area contributed by atoms with E-state index in [0.29, 0.717) is 5.92 Å². The molecular formula is C17H22N2O2. The summed E-state index contributed by atoms with van der Waals surface area (Å²) in [6, 6.07) is 5.93. The lowest BCUT2D eigenvalue weighted by Gasteiger charge is -2.12. The van der Waals surface area contributed by atoms with Gasteiger partial charge in [0, 0.05) is 6.21 Å². The molecule has 2 rings (SSSR count). The van der Waals surface area contributed by atoms with Crippen molar-refractivity contribution < 1.29 is 9.53 Å². The highest BCUT2D eigenvalue weighted by Crippen LogP contribution is 2.19. The van der Waals surface area contributed by atoms with Crippen LogP contribution < -0.4 is 10.2 Å². The highest BCUT2D eigenvalue weighted by molar-refractivity contribution is 5.78. The van der Waals surface area contributed by atoms with E-state index in [4.69, 9.17) is 4.74 Å². The van der Waals surface area contributed by atoms with Crippen molar-refractivity contribution >= 4 is 12.1 Å².